The van der Waals surface area contributed by atoms with Gasteiger partial charge < -0.3 is 19.8 Å². The first-order valence-electron chi connectivity index (χ1n) is 11.6. The highest BCUT2D eigenvalue weighted by molar-refractivity contribution is 7.79. The molecular weight excluding hydrogens is 482 g/mol. The number of nitrogens with zero attached hydrogens (tertiary/aromatic N) is 5. The molecule has 0 spiro atoms. The molecule has 0 saturated carbocycles. The summed E-state index contributed by atoms with van der Waals surface area (Å²) in [4.78, 5) is 28.2. The summed E-state index contributed by atoms with van der Waals surface area (Å²) in [6, 6.07) is 12.3. The summed E-state index contributed by atoms with van der Waals surface area (Å²) in [7, 11) is 0. The first kappa shape index (κ1) is 23.7. The number of fused-ring (bicyclic) bond motifs is 2. The molecule has 0 aliphatic carbocycles. The molecule has 1 N–H and O–H groups in total. The van der Waals surface area contributed by atoms with Gasteiger partial charge in [0.25, 0.3) is 5.91 Å². The molecule has 2 aliphatic heterocycles. The summed E-state index contributed by atoms with van der Waals surface area (Å²) in [6.45, 7) is 3.67. The lowest BCUT2D eigenvalue weighted by atomic mass is 10.0. The van der Waals surface area contributed by atoms with Gasteiger partial charge in [0.05, 0.1) is 23.0 Å². The Hall–Kier alpha value is -2.99. The molecule has 3 aromatic rings. The number of hydrogen-bond donors (Lipinski definition) is 2. The molecule has 0 atom stereocenters. The molecule has 180 valence electrons. The monoisotopic (exact) mass is 507 g/mol. The molecule has 7 nitrogen and oxygen atoms in total. The number of halogens is 1. The Labute approximate surface area is 215 Å². The SMILES string of the molecule is O=C(C#CCO)N1CCN(c2nc(CS)nc3c2CCN(c2cccc4cccc(Cl)c24)C3)CC1. The molecule has 1 aromatic heterocycles. The van der Waals surface area contributed by atoms with Crippen LogP contribution in [0.2, 0.25) is 5.02 Å². The van der Waals surface area contributed by atoms with Crippen LogP contribution in [0, 0.1) is 11.8 Å². The standard InChI is InChI=1S/C26H26ClN5O2S/c27-20-6-1-4-18-5-2-7-22(25(18)20)32-10-9-19-21(16-32)28-23(17-35)29-26(19)31-13-11-30(12-14-31)24(34)8-3-15-33/h1-2,4-7,33,35H,9-17H2. The van der Waals surface area contributed by atoms with Crippen molar-refractivity contribution in [3.05, 3.63) is 58.5 Å². The van der Waals surface area contributed by atoms with Crippen LogP contribution in [0.3, 0.4) is 0 Å². The molecule has 0 unspecified atom stereocenters. The summed E-state index contributed by atoms with van der Waals surface area (Å²) < 4.78 is 0. The van der Waals surface area contributed by atoms with Crippen LogP contribution in [-0.2, 0) is 23.5 Å². The van der Waals surface area contributed by atoms with Crippen molar-refractivity contribution in [2.75, 3.05) is 49.1 Å². The predicted octanol–water partition coefficient (Wildman–Crippen LogP) is 2.92. The van der Waals surface area contributed by atoms with Crippen molar-refractivity contribution in [2.45, 2.75) is 18.7 Å². The quantitative estimate of drug-likeness (QED) is 0.419. The van der Waals surface area contributed by atoms with E-state index in [4.69, 9.17) is 26.7 Å². The number of benzene rings is 2. The van der Waals surface area contributed by atoms with E-state index in [1.165, 1.54) is 0 Å². The zero-order valence-electron chi connectivity index (χ0n) is 19.2. The van der Waals surface area contributed by atoms with Crippen LogP contribution in [0.25, 0.3) is 10.8 Å². The van der Waals surface area contributed by atoms with Gasteiger partial charge in [0, 0.05) is 49.4 Å². The van der Waals surface area contributed by atoms with Gasteiger partial charge in [-0.15, -0.1) is 0 Å². The van der Waals surface area contributed by atoms with Crippen LogP contribution in [-0.4, -0.2) is 65.2 Å². The number of aliphatic hydroxyl groups excluding tert-OH is 1. The molecule has 3 heterocycles. The zero-order valence-corrected chi connectivity index (χ0v) is 20.9. The topological polar surface area (TPSA) is 72.8 Å². The van der Waals surface area contributed by atoms with Crippen molar-refractivity contribution in [1.29, 1.82) is 0 Å². The maximum Gasteiger partial charge on any atom is 0.298 e. The Morgan fingerprint density at radius 3 is 2.57 bits per heavy atom. The Balaban J connectivity index is 1.42. The van der Waals surface area contributed by atoms with E-state index in [0.717, 1.165) is 51.5 Å². The molecule has 1 fully saturated rings. The van der Waals surface area contributed by atoms with Crippen LogP contribution < -0.4 is 9.80 Å². The molecule has 0 radical (unpaired) electrons. The van der Waals surface area contributed by atoms with Gasteiger partial charge in [-0.3, -0.25) is 4.79 Å². The van der Waals surface area contributed by atoms with Crippen LogP contribution in [0.4, 0.5) is 11.5 Å². The first-order chi connectivity index (χ1) is 17.1. The maximum absolute atomic E-state index is 12.2. The minimum Gasteiger partial charge on any atom is -0.384 e. The highest BCUT2D eigenvalue weighted by atomic mass is 35.5. The fourth-order valence-electron chi connectivity index (χ4n) is 4.85. The third kappa shape index (κ3) is 4.76. The minimum atomic E-state index is -0.312. The summed E-state index contributed by atoms with van der Waals surface area (Å²) in [5, 5.41) is 11.8. The largest absolute Gasteiger partial charge is 0.384 e. The van der Waals surface area contributed by atoms with E-state index in [9.17, 15) is 4.79 Å². The number of thiol groups is 1. The van der Waals surface area contributed by atoms with Crippen molar-refractivity contribution in [3.63, 3.8) is 0 Å². The van der Waals surface area contributed by atoms with Gasteiger partial charge >= 0.3 is 0 Å². The lowest BCUT2D eigenvalue weighted by Gasteiger charge is -2.38. The highest BCUT2D eigenvalue weighted by Gasteiger charge is 2.28. The minimum absolute atomic E-state index is 0.246. The number of aromatic nitrogens is 2. The Morgan fingerprint density at radius 1 is 1.06 bits per heavy atom. The average molecular weight is 508 g/mol. The fraction of sp³-hybridized carbons (Fsp3) is 0.346. The number of aliphatic hydroxyl groups is 1. The lowest BCUT2D eigenvalue weighted by Crippen LogP contribution is -2.49. The average Bonchev–Trinajstić information content (AvgIpc) is 2.90. The number of hydrogen-bond acceptors (Lipinski definition) is 7. The van der Waals surface area contributed by atoms with Crippen LogP contribution in [0.1, 0.15) is 17.1 Å². The van der Waals surface area contributed by atoms with Crippen LogP contribution in [0.15, 0.2) is 36.4 Å². The molecule has 9 heteroatoms. The summed E-state index contributed by atoms with van der Waals surface area (Å²) in [5.41, 5.74) is 3.29. The van der Waals surface area contributed by atoms with E-state index in [0.29, 0.717) is 44.3 Å². The smallest absolute Gasteiger partial charge is 0.298 e. The molecule has 2 aliphatic rings. The van der Waals surface area contributed by atoms with Gasteiger partial charge in [0.2, 0.25) is 0 Å². The second-order valence-corrected chi connectivity index (χ2v) is 9.30. The molecule has 2 aromatic carbocycles. The molecular formula is C26H26ClN5O2S. The van der Waals surface area contributed by atoms with E-state index in [2.05, 4.69) is 58.5 Å². The van der Waals surface area contributed by atoms with Gasteiger partial charge in [-0.25, -0.2) is 9.97 Å². The molecule has 35 heavy (non-hydrogen) atoms. The Morgan fingerprint density at radius 2 is 1.83 bits per heavy atom. The van der Waals surface area contributed by atoms with E-state index in [1.54, 1.807) is 4.90 Å². The molecule has 1 amide bonds. The summed E-state index contributed by atoms with van der Waals surface area (Å²) in [5.74, 6) is 6.77. The van der Waals surface area contributed by atoms with Crippen molar-refractivity contribution in [3.8, 4) is 11.8 Å². The number of carbonyl (C=O) groups excluding carboxylic acids is 1. The maximum atomic E-state index is 12.2. The second-order valence-electron chi connectivity index (χ2n) is 8.57. The zero-order chi connectivity index (χ0) is 24.4. The van der Waals surface area contributed by atoms with Crippen molar-refractivity contribution >= 4 is 52.4 Å². The number of carbonyl (C=O) groups is 1. The Kier molecular flexibility index (Phi) is 7.00. The van der Waals surface area contributed by atoms with Gasteiger partial charge in [-0.1, -0.05) is 41.8 Å². The van der Waals surface area contributed by atoms with Crippen molar-refractivity contribution < 1.29 is 9.90 Å². The van der Waals surface area contributed by atoms with E-state index in [1.807, 2.05) is 12.1 Å². The number of piperazine rings is 1. The number of anilines is 2. The summed E-state index contributed by atoms with van der Waals surface area (Å²) >= 11 is 11.1. The van der Waals surface area contributed by atoms with Gasteiger partial charge in [-0.05, 0) is 29.9 Å². The molecule has 0 bridgehead atoms. The molecule has 5 rings (SSSR count). The third-order valence-corrected chi connectivity index (χ3v) is 7.14. The van der Waals surface area contributed by atoms with Gasteiger partial charge in [0.1, 0.15) is 18.2 Å². The number of amides is 1. The number of rotatable bonds is 3. The van der Waals surface area contributed by atoms with E-state index < -0.39 is 0 Å². The van der Waals surface area contributed by atoms with Crippen LogP contribution >= 0.6 is 24.2 Å². The van der Waals surface area contributed by atoms with E-state index in [-0.39, 0.29) is 12.5 Å². The Bertz CT molecular complexity index is 1330. The first-order valence-corrected chi connectivity index (χ1v) is 12.7. The third-order valence-electron chi connectivity index (χ3n) is 6.54. The van der Waals surface area contributed by atoms with Crippen LogP contribution in [0.5, 0.6) is 0 Å². The fourth-order valence-corrected chi connectivity index (χ4v) is 5.27. The van der Waals surface area contributed by atoms with E-state index >= 15 is 0 Å². The predicted molar refractivity (Wildman–Crippen MR) is 142 cm³/mol. The van der Waals surface area contributed by atoms with Gasteiger partial charge in [-0.2, -0.15) is 12.6 Å². The normalized spacial score (nSPS) is 15.6. The lowest BCUT2D eigenvalue weighted by molar-refractivity contribution is -0.125. The van der Waals surface area contributed by atoms with Crippen molar-refractivity contribution in [2.24, 2.45) is 0 Å². The van der Waals surface area contributed by atoms with Gasteiger partial charge in [0.15, 0.2) is 0 Å². The summed E-state index contributed by atoms with van der Waals surface area (Å²) in [6.07, 6.45) is 0.819. The highest BCUT2D eigenvalue weighted by Crippen LogP contribution is 2.36. The van der Waals surface area contributed by atoms with Crippen molar-refractivity contribution in [1.82, 2.24) is 14.9 Å². The second kappa shape index (κ2) is 10.3. The molecule has 1 saturated heterocycles.